The Balaban J connectivity index is 1.06. The van der Waals surface area contributed by atoms with Crippen molar-refractivity contribution in [2.75, 3.05) is 9.80 Å². The van der Waals surface area contributed by atoms with Crippen molar-refractivity contribution in [3.63, 3.8) is 0 Å². The molecule has 0 N–H and O–H groups in total. The summed E-state index contributed by atoms with van der Waals surface area (Å²) in [6.45, 7) is 0. The first-order chi connectivity index (χ1) is 29.7. The van der Waals surface area contributed by atoms with Crippen LogP contribution in [0.15, 0.2) is 223 Å². The van der Waals surface area contributed by atoms with E-state index < -0.39 is 0 Å². The maximum Gasteiger partial charge on any atom is 0.136 e. The lowest BCUT2D eigenvalue weighted by Crippen LogP contribution is -2.13. The fourth-order valence-corrected chi connectivity index (χ4v) is 10.0. The molecule has 60 heavy (non-hydrogen) atoms. The molecule has 10 aromatic carbocycles. The van der Waals surface area contributed by atoms with Crippen molar-refractivity contribution in [3.05, 3.63) is 218 Å². The lowest BCUT2D eigenvalue weighted by atomic mass is 9.98. The number of furan rings is 1. The van der Waals surface area contributed by atoms with Crippen LogP contribution in [0.25, 0.3) is 74.8 Å². The molecule has 0 aliphatic rings. The van der Waals surface area contributed by atoms with Crippen molar-refractivity contribution in [2.45, 2.75) is 0 Å². The Kier molecular flexibility index (Phi) is 8.03. The molecule has 282 valence electrons. The monoisotopic (exact) mass is 784 g/mol. The number of rotatable bonds is 7. The van der Waals surface area contributed by atoms with Crippen LogP contribution in [-0.4, -0.2) is 0 Å². The zero-order valence-electron chi connectivity index (χ0n) is 32.5. The van der Waals surface area contributed by atoms with E-state index in [1.54, 1.807) is 0 Å². The van der Waals surface area contributed by atoms with Crippen molar-refractivity contribution >= 4 is 109 Å². The molecule has 0 spiro atoms. The van der Waals surface area contributed by atoms with Crippen LogP contribution in [-0.2, 0) is 0 Å². The SMILES string of the molecule is c1ccc(-c2cccc(N(c3cccc(N(c4ccccc4)c4ccc5sc6ccccc6c5c4)c3)c3ccc4ccc5cc6oc7ccccc7c6cc5c4c3)c2)cc1. The molecule has 3 nitrogen and oxygen atoms in total. The van der Waals surface area contributed by atoms with Crippen LogP contribution < -0.4 is 9.80 Å². The Morgan fingerprint density at radius 3 is 1.67 bits per heavy atom. The molecule has 0 atom stereocenters. The number of anilines is 6. The largest absolute Gasteiger partial charge is 0.456 e. The van der Waals surface area contributed by atoms with Gasteiger partial charge in [0.15, 0.2) is 0 Å². The van der Waals surface area contributed by atoms with E-state index in [1.165, 1.54) is 41.9 Å². The van der Waals surface area contributed by atoms with E-state index in [0.29, 0.717) is 0 Å². The first kappa shape index (κ1) is 34.4. The van der Waals surface area contributed by atoms with Crippen molar-refractivity contribution in [1.82, 2.24) is 0 Å². The molecule has 2 heterocycles. The van der Waals surface area contributed by atoms with E-state index in [9.17, 15) is 0 Å². The zero-order chi connectivity index (χ0) is 39.6. The highest BCUT2D eigenvalue weighted by Gasteiger charge is 2.20. The van der Waals surface area contributed by atoms with Crippen molar-refractivity contribution in [2.24, 2.45) is 0 Å². The van der Waals surface area contributed by atoms with Crippen molar-refractivity contribution in [3.8, 4) is 11.1 Å². The van der Waals surface area contributed by atoms with Gasteiger partial charge in [-0.25, -0.2) is 0 Å². The van der Waals surface area contributed by atoms with Crippen LogP contribution in [0.4, 0.5) is 34.1 Å². The summed E-state index contributed by atoms with van der Waals surface area (Å²) < 4.78 is 8.91. The summed E-state index contributed by atoms with van der Waals surface area (Å²) in [7, 11) is 0. The Bertz CT molecular complexity index is 3570. The van der Waals surface area contributed by atoms with Gasteiger partial charge < -0.3 is 14.2 Å². The first-order valence-electron chi connectivity index (χ1n) is 20.3. The molecule has 0 saturated carbocycles. The highest BCUT2D eigenvalue weighted by atomic mass is 32.1. The number of fused-ring (bicyclic) bond motifs is 9. The van der Waals surface area contributed by atoms with Gasteiger partial charge in [-0.05, 0) is 130 Å². The minimum Gasteiger partial charge on any atom is -0.456 e. The van der Waals surface area contributed by atoms with Crippen LogP contribution in [0.1, 0.15) is 0 Å². The molecule has 0 unspecified atom stereocenters. The number of benzene rings is 10. The lowest BCUT2D eigenvalue weighted by molar-refractivity contribution is 0.669. The third kappa shape index (κ3) is 5.80. The normalized spacial score (nSPS) is 11.7. The summed E-state index contributed by atoms with van der Waals surface area (Å²) in [4.78, 5) is 4.78. The maximum atomic E-state index is 6.32. The smallest absolute Gasteiger partial charge is 0.136 e. The molecule has 0 fully saturated rings. The molecule has 2 aromatic heterocycles. The number of nitrogens with zero attached hydrogens (tertiary/aromatic N) is 2. The van der Waals surface area contributed by atoms with Crippen LogP contribution in [0, 0.1) is 0 Å². The number of thiophene rings is 1. The molecule has 4 heteroatoms. The molecule has 12 aromatic rings. The summed E-state index contributed by atoms with van der Waals surface area (Å²) in [6, 6.07) is 78.9. The maximum absolute atomic E-state index is 6.32. The van der Waals surface area contributed by atoms with Gasteiger partial charge in [-0.2, -0.15) is 0 Å². The van der Waals surface area contributed by atoms with Gasteiger partial charge in [0.1, 0.15) is 11.2 Å². The molecule has 0 aliphatic heterocycles. The van der Waals surface area contributed by atoms with Gasteiger partial charge in [0.05, 0.1) is 0 Å². The minimum absolute atomic E-state index is 0.907. The third-order valence-corrected chi connectivity index (χ3v) is 12.9. The summed E-state index contributed by atoms with van der Waals surface area (Å²) in [5.41, 5.74) is 10.7. The van der Waals surface area contributed by atoms with Gasteiger partial charge in [-0.15, -0.1) is 11.3 Å². The fourth-order valence-electron chi connectivity index (χ4n) is 8.95. The molecule has 0 amide bonds. The highest BCUT2D eigenvalue weighted by molar-refractivity contribution is 7.25. The zero-order valence-corrected chi connectivity index (χ0v) is 33.3. The van der Waals surface area contributed by atoms with E-state index >= 15 is 0 Å². The van der Waals surface area contributed by atoms with E-state index in [-0.39, 0.29) is 0 Å². The van der Waals surface area contributed by atoms with Gasteiger partial charge in [-0.1, -0.05) is 121 Å². The second kappa shape index (κ2) is 14.0. The average molecular weight is 785 g/mol. The third-order valence-electron chi connectivity index (χ3n) is 11.8. The molecule has 0 saturated heterocycles. The van der Waals surface area contributed by atoms with Crippen LogP contribution in [0.5, 0.6) is 0 Å². The topological polar surface area (TPSA) is 19.6 Å². The first-order valence-corrected chi connectivity index (χ1v) is 21.1. The van der Waals surface area contributed by atoms with Crippen LogP contribution in [0.2, 0.25) is 0 Å². The Morgan fingerprint density at radius 2 is 0.833 bits per heavy atom. The van der Waals surface area contributed by atoms with E-state index in [2.05, 4.69) is 216 Å². The van der Waals surface area contributed by atoms with Gasteiger partial charge in [0.2, 0.25) is 0 Å². The number of hydrogen-bond donors (Lipinski definition) is 0. The van der Waals surface area contributed by atoms with Crippen molar-refractivity contribution in [1.29, 1.82) is 0 Å². The summed E-state index contributed by atoms with van der Waals surface area (Å²) >= 11 is 1.85. The second-order valence-electron chi connectivity index (χ2n) is 15.4. The molecular weight excluding hydrogens is 749 g/mol. The van der Waals surface area contributed by atoms with Gasteiger partial charge >= 0.3 is 0 Å². The number of hydrogen-bond acceptors (Lipinski definition) is 4. The van der Waals surface area contributed by atoms with Crippen molar-refractivity contribution < 1.29 is 4.42 Å². The van der Waals surface area contributed by atoms with Crippen LogP contribution >= 0.6 is 11.3 Å². The predicted molar refractivity (Wildman–Crippen MR) is 256 cm³/mol. The fraction of sp³-hybridized carbons (Fsp3) is 0. The molecule has 0 bridgehead atoms. The number of para-hydroxylation sites is 2. The summed E-state index contributed by atoms with van der Waals surface area (Å²) in [5.74, 6) is 0. The van der Waals surface area contributed by atoms with Gasteiger partial charge in [0.25, 0.3) is 0 Å². The van der Waals surface area contributed by atoms with E-state index in [0.717, 1.165) is 67.0 Å². The second-order valence-corrected chi connectivity index (χ2v) is 16.4. The van der Waals surface area contributed by atoms with Gasteiger partial charge in [-0.3, -0.25) is 0 Å². The minimum atomic E-state index is 0.907. The lowest BCUT2D eigenvalue weighted by Gasteiger charge is -2.30. The van der Waals surface area contributed by atoms with E-state index in [1.807, 2.05) is 23.5 Å². The quantitative estimate of drug-likeness (QED) is 0.150. The Hall–Kier alpha value is -7.66. The summed E-state index contributed by atoms with van der Waals surface area (Å²) in [6.07, 6.45) is 0. The van der Waals surface area contributed by atoms with Crippen LogP contribution in [0.3, 0.4) is 0 Å². The average Bonchev–Trinajstić information content (AvgIpc) is 3.87. The molecule has 12 rings (SSSR count). The predicted octanol–water partition coefficient (Wildman–Crippen LogP) is 16.9. The molecule has 0 aliphatic carbocycles. The molecule has 0 radical (unpaired) electrons. The standard InChI is InChI=1S/C56H36N2OS/c1-3-13-37(14-4-1)39-15-11-18-42(31-39)58(45-28-27-38-25-26-40-32-54-51(36-50(40)49(38)34-45)47-21-7-9-23-53(47)59-54)44-20-12-19-43(33-44)57(41-16-5-2-6-17-41)46-29-30-56-52(35-46)48-22-8-10-24-55(48)60-56/h1-36H. The highest BCUT2D eigenvalue weighted by Crippen LogP contribution is 2.45. The molecular formula is C56H36N2OS. The Morgan fingerprint density at radius 1 is 0.283 bits per heavy atom. The summed E-state index contributed by atoms with van der Waals surface area (Å²) in [5, 5.41) is 9.56. The van der Waals surface area contributed by atoms with Gasteiger partial charge in [0, 0.05) is 65.1 Å². The van der Waals surface area contributed by atoms with E-state index in [4.69, 9.17) is 4.42 Å². The Labute approximate surface area is 351 Å².